The van der Waals surface area contributed by atoms with Crippen LogP contribution in [0.15, 0.2) is 71.1 Å². The Morgan fingerprint density at radius 1 is 1.00 bits per heavy atom. The van der Waals surface area contributed by atoms with E-state index in [1.807, 2.05) is 54.6 Å². The van der Waals surface area contributed by atoms with Crippen LogP contribution in [0.25, 0.3) is 11.1 Å². The van der Waals surface area contributed by atoms with Crippen LogP contribution in [0.2, 0.25) is 0 Å². The van der Waals surface area contributed by atoms with Crippen molar-refractivity contribution in [2.24, 2.45) is 5.92 Å². The number of aliphatic hydroxyl groups excluding tert-OH is 1. The topological polar surface area (TPSA) is 65.7 Å². The molecule has 2 heterocycles. The number of aliphatic hydroxyl groups is 1. The Hall–Kier alpha value is -2.89. The highest BCUT2D eigenvalue weighted by atomic mass is 16.4. The van der Waals surface area contributed by atoms with E-state index in [0.717, 1.165) is 49.4 Å². The highest BCUT2D eigenvalue weighted by Crippen LogP contribution is 2.21. The van der Waals surface area contributed by atoms with Crippen LogP contribution >= 0.6 is 0 Å². The molecule has 5 heteroatoms. The summed E-state index contributed by atoms with van der Waals surface area (Å²) < 4.78 is 5.61. The Morgan fingerprint density at radius 3 is 2.47 bits per heavy atom. The molecule has 0 spiro atoms. The van der Waals surface area contributed by atoms with Crippen molar-refractivity contribution in [3.63, 3.8) is 0 Å². The fraction of sp³-hybridized carbons (Fsp3) is 0.320. The average Bonchev–Trinajstić information content (AvgIpc) is 3.26. The van der Waals surface area contributed by atoms with E-state index >= 15 is 0 Å². The molecule has 30 heavy (non-hydrogen) atoms. The van der Waals surface area contributed by atoms with E-state index in [1.165, 1.54) is 0 Å². The van der Waals surface area contributed by atoms with Gasteiger partial charge in [0.1, 0.15) is 18.1 Å². The van der Waals surface area contributed by atoms with Crippen LogP contribution in [0.1, 0.15) is 34.7 Å². The van der Waals surface area contributed by atoms with Gasteiger partial charge in [-0.2, -0.15) is 0 Å². The molecule has 0 radical (unpaired) electrons. The van der Waals surface area contributed by atoms with Crippen molar-refractivity contribution in [2.75, 3.05) is 19.6 Å². The average molecular weight is 405 g/mol. The zero-order valence-electron chi connectivity index (χ0n) is 17.1. The summed E-state index contributed by atoms with van der Waals surface area (Å²) in [5, 5.41) is 12.2. The van der Waals surface area contributed by atoms with Crippen LogP contribution in [0, 0.1) is 5.92 Å². The van der Waals surface area contributed by atoms with Gasteiger partial charge in [-0.25, -0.2) is 0 Å². The molecule has 1 aliphatic heterocycles. The SMILES string of the molecule is O=C(NCC1CCCN(Cc2ccc(CO)o2)C1)c1ccc(-c2ccccc2)cc1. The number of hydrogen-bond donors (Lipinski definition) is 2. The van der Waals surface area contributed by atoms with E-state index in [9.17, 15) is 4.79 Å². The van der Waals surface area contributed by atoms with Gasteiger partial charge >= 0.3 is 0 Å². The maximum Gasteiger partial charge on any atom is 0.251 e. The van der Waals surface area contributed by atoms with Gasteiger partial charge < -0.3 is 14.8 Å². The number of rotatable bonds is 7. The van der Waals surface area contributed by atoms with E-state index in [0.29, 0.717) is 23.8 Å². The molecule has 1 saturated heterocycles. The lowest BCUT2D eigenvalue weighted by atomic mass is 9.97. The van der Waals surface area contributed by atoms with Gasteiger partial charge in [-0.1, -0.05) is 42.5 Å². The molecule has 1 amide bonds. The predicted octanol–water partition coefficient (Wildman–Crippen LogP) is 4.08. The lowest BCUT2D eigenvalue weighted by Crippen LogP contribution is -2.40. The van der Waals surface area contributed by atoms with Crippen LogP contribution in [0.5, 0.6) is 0 Å². The fourth-order valence-corrected chi connectivity index (χ4v) is 4.06. The minimum absolute atomic E-state index is 0.0228. The monoisotopic (exact) mass is 404 g/mol. The number of likely N-dealkylation sites (tertiary alicyclic amines) is 1. The molecule has 1 aliphatic rings. The van der Waals surface area contributed by atoms with Gasteiger partial charge in [0, 0.05) is 18.7 Å². The molecular formula is C25H28N2O3. The molecular weight excluding hydrogens is 376 g/mol. The van der Waals surface area contributed by atoms with Crippen LogP contribution in [0.4, 0.5) is 0 Å². The van der Waals surface area contributed by atoms with E-state index in [4.69, 9.17) is 9.52 Å². The van der Waals surface area contributed by atoms with E-state index < -0.39 is 0 Å². The Morgan fingerprint density at radius 2 is 1.73 bits per heavy atom. The number of piperidine rings is 1. The quantitative estimate of drug-likeness (QED) is 0.623. The highest BCUT2D eigenvalue weighted by Gasteiger charge is 2.21. The molecule has 0 saturated carbocycles. The maximum absolute atomic E-state index is 12.6. The van der Waals surface area contributed by atoms with Crippen molar-refractivity contribution < 1.29 is 14.3 Å². The summed E-state index contributed by atoms with van der Waals surface area (Å²) in [4.78, 5) is 14.9. The molecule has 0 bridgehead atoms. The third-order valence-corrected chi connectivity index (χ3v) is 5.66. The zero-order valence-corrected chi connectivity index (χ0v) is 17.1. The minimum Gasteiger partial charge on any atom is -0.462 e. The van der Waals surface area contributed by atoms with Gasteiger partial charge in [-0.05, 0) is 60.7 Å². The first-order valence-corrected chi connectivity index (χ1v) is 10.6. The first-order valence-electron chi connectivity index (χ1n) is 10.6. The number of hydrogen-bond acceptors (Lipinski definition) is 4. The first kappa shape index (κ1) is 20.4. The number of carbonyl (C=O) groups is 1. The first-order chi connectivity index (χ1) is 14.7. The Labute approximate surface area is 177 Å². The van der Waals surface area contributed by atoms with Gasteiger partial charge in [0.15, 0.2) is 0 Å². The second-order valence-corrected chi connectivity index (χ2v) is 7.92. The summed E-state index contributed by atoms with van der Waals surface area (Å²) in [5.41, 5.74) is 2.95. The fourth-order valence-electron chi connectivity index (χ4n) is 4.06. The van der Waals surface area contributed by atoms with E-state index in [-0.39, 0.29) is 12.5 Å². The summed E-state index contributed by atoms with van der Waals surface area (Å²) in [6, 6.07) is 21.7. The summed E-state index contributed by atoms with van der Waals surface area (Å²) in [6.07, 6.45) is 2.23. The molecule has 4 rings (SSSR count). The van der Waals surface area contributed by atoms with Crippen molar-refractivity contribution in [1.82, 2.24) is 10.2 Å². The smallest absolute Gasteiger partial charge is 0.251 e. The second-order valence-electron chi connectivity index (χ2n) is 7.92. The van der Waals surface area contributed by atoms with Gasteiger partial charge in [-0.3, -0.25) is 9.69 Å². The van der Waals surface area contributed by atoms with Gasteiger partial charge in [0.25, 0.3) is 5.91 Å². The Balaban J connectivity index is 1.28. The van der Waals surface area contributed by atoms with E-state index in [2.05, 4.69) is 22.3 Å². The zero-order chi connectivity index (χ0) is 20.8. The molecule has 0 aliphatic carbocycles. The molecule has 1 unspecified atom stereocenters. The molecule has 5 nitrogen and oxygen atoms in total. The largest absolute Gasteiger partial charge is 0.462 e. The third kappa shape index (κ3) is 5.17. The van der Waals surface area contributed by atoms with Gasteiger partial charge in [-0.15, -0.1) is 0 Å². The van der Waals surface area contributed by atoms with Crippen molar-refractivity contribution in [2.45, 2.75) is 26.0 Å². The summed E-state index contributed by atoms with van der Waals surface area (Å²) in [7, 11) is 0. The number of carbonyl (C=O) groups excluding carboxylic acids is 1. The van der Waals surface area contributed by atoms with Crippen LogP contribution < -0.4 is 5.32 Å². The summed E-state index contributed by atoms with van der Waals surface area (Å²) in [6.45, 7) is 3.31. The minimum atomic E-state index is -0.0685. The number of furan rings is 1. The molecule has 1 atom stereocenters. The molecule has 156 valence electrons. The Bertz CT molecular complexity index is 950. The number of nitrogens with one attached hydrogen (secondary N) is 1. The molecule has 1 aromatic heterocycles. The molecule has 3 aromatic rings. The number of amides is 1. The standard InChI is InChI=1S/C25H28N2O3/c28-18-24-13-12-23(30-24)17-27-14-4-5-19(16-27)15-26-25(29)22-10-8-21(9-11-22)20-6-2-1-3-7-20/h1-3,6-13,19,28H,4-5,14-18H2,(H,26,29). The van der Waals surface area contributed by atoms with Crippen LogP contribution in [-0.4, -0.2) is 35.5 Å². The van der Waals surface area contributed by atoms with Crippen LogP contribution in [0.3, 0.4) is 0 Å². The number of benzene rings is 2. The second kappa shape index (κ2) is 9.74. The normalized spacial score (nSPS) is 17.0. The maximum atomic E-state index is 12.6. The lowest BCUT2D eigenvalue weighted by Gasteiger charge is -2.32. The van der Waals surface area contributed by atoms with Crippen molar-refractivity contribution in [1.29, 1.82) is 0 Å². The highest BCUT2D eigenvalue weighted by molar-refractivity contribution is 5.94. The van der Waals surface area contributed by atoms with E-state index in [1.54, 1.807) is 0 Å². The molecule has 2 aromatic carbocycles. The third-order valence-electron chi connectivity index (χ3n) is 5.66. The van der Waals surface area contributed by atoms with Crippen LogP contribution in [-0.2, 0) is 13.2 Å². The van der Waals surface area contributed by atoms with Crippen molar-refractivity contribution in [3.05, 3.63) is 83.8 Å². The summed E-state index contributed by atoms with van der Waals surface area (Å²) >= 11 is 0. The lowest BCUT2D eigenvalue weighted by molar-refractivity contribution is 0.0928. The summed E-state index contributed by atoms with van der Waals surface area (Å²) in [5.74, 6) is 1.88. The molecule has 2 N–H and O–H groups in total. The number of nitrogens with zero attached hydrogens (tertiary/aromatic N) is 1. The Kier molecular flexibility index (Phi) is 6.62. The van der Waals surface area contributed by atoms with Crippen molar-refractivity contribution in [3.8, 4) is 11.1 Å². The van der Waals surface area contributed by atoms with Gasteiger partial charge in [0.05, 0.1) is 6.54 Å². The van der Waals surface area contributed by atoms with Gasteiger partial charge in [0.2, 0.25) is 0 Å². The van der Waals surface area contributed by atoms with Crippen molar-refractivity contribution >= 4 is 5.91 Å². The molecule has 1 fully saturated rings. The predicted molar refractivity (Wildman–Crippen MR) is 117 cm³/mol.